The smallest absolute Gasteiger partial charge is 0.119 e. The zero-order chi connectivity index (χ0) is 36.4. The van der Waals surface area contributed by atoms with E-state index in [0.29, 0.717) is 6.42 Å². The van der Waals surface area contributed by atoms with Crippen molar-refractivity contribution in [2.45, 2.75) is 152 Å². The Morgan fingerprint density at radius 3 is 1.24 bits per heavy atom. The number of hydrogen-bond donors (Lipinski definition) is 3. The summed E-state index contributed by atoms with van der Waals surface area (Å²) in [6.07, 6.45) is 34.2. The van der Waals surface area contributed by atoms with Crippen molar-refractivity contribution in [3.8, 4) is 11.5 Å². The minimum atomic E-state index is 0.166. The first kappa shape index (κ1) is 43.7. The number of allylic oxidation sites excluding steroid dienone is 15. The van der Waals surface area contributed by atoms with Crippen molar-refractivity contribution in [1.82, 2.24) is 0 Å². The van der Waals surface area contributed by atoms with Crippen LogP contribution in [0.2, 0.25) is 0 Å². The van der Waals surface area contributed by atoms with Crippen molar-refractivity contribution in [1.29, 1.82) is 0 Å². The number of phenolic OH excluding ortho intramolecular Hbond substituents is 2. The number of hydrogen-bond acceptors (Lipinski definition) is 3. The quantitative estimate of drug-likeness (QED) is 0.0758. The van der Waals surface area contributed by atoms with Crippen LogP contribution in [0.1, 0.15) is 151 Å². The number of rotatable bonds is 24. The van der Waals surface area contributed by atoms with Gasteiger partial charge in [0.15, 0.2) is 0 Å². The monoisotopic (exact) mass is 671 g/mol. The summed E-state index contributed by atoms with van der Waals surface area (Å²) in [6.45, 7) is 17.8. The van der Waals surface area contributed by atoms with E-state index >= 15 is 0 Å². The van der Waals surface area contributed by atoms with Crippen LogP contribution in [0.4, 0.5) is 0 Å². The summed E-state index contributed by atoms with van der Waals surface area (Å²) in [7, 11) is 0. The lowest BCUT2D eigenvalue weighted by Gasteiger charge is -2.05. The molecule has 0 aliphatic carbocycles. The third-order valence-electron chi connectivity index (χ3n) is 9.08. The number of phenols is 2. The van der Waals surface area contributed by atoms with Gasteiger partial charge >= 0.3 is 0 Å². The maximum absolute atomic E-state index is 9.95. The van der Waals surface area contributed by atoms with Gasteiger partial charge in [-0.25, -0.2) is 0 Å². The van der Waals surface area contributed by atoms with E-state index < -0.39 is 0 Å². The SMILES string of the molecule is CC(C)=CCC/C(C)=C/CC/C(=C/CC/C(C)=C/CC/C(C)=C/CC/C(C)=C/CC/C(C)=C/CC/C(C)=C/Cc1cc(O)ccc1O)CO. The predicted octanol–water partition coefficient (Wildman–Crippen LogP) is 13.7. The molecule has 0 saturated carbocycles. The normalized spacial score (nSPS) is 14.1. The third kappa shape index (κ3) is 23.7. The molecule has 3 nitrogen and oxygen atoms in total. The topological polar surface area (TPSA) is 60.7 Å². The van der Waals surface area contributed by atoms with Gasteiger partial charge in [0.1, 0.15) is 11.5 Å². The Morgan fingerprint density at radius 1 is 0.469 bits per heavy atom. The van der Waals surface area contributed by atoms with Crippen LogP contribution in [-0.4, -0.2) is 21.9 Å². The molecule has 0 aromatic heterocycles. The molecule has 0 aliphatic rings. The summed E-state index contributed by atoms with van der Waals surface area (Å²) >= 11 is 0. The predicted molar refractivity (Wildman–Crippen MR) is 215 cm³/mol. The molecular weight excluding hydrogens is 601 g/mol. The maximum atomic E-state index is 9.95. The zero-order valence-corrected chi connectivity index (χ0v) is 32.5. The van der Waals surface area contributed by atoms with E-state index in [1.165, 1.54) is 45.1 Å². The van der Waals surface area contributed by atoms with Crippen molar-refractivity contribution >= 4 is 0 Å². The Kier molecular flexibility index (Phi) is 23.7. The van der Waals surface area contributed by atoms with E-state index in [1.807, 2.05) is 0 Å². The minimum Gasteiger partial charge on any atom is -0.508 e. The van der Waals surface area contributed by atoms with Crippen molar-refractivity contribution < 1.29 is 15.3 Å². The molecule has 0 unspecified atom stereocenters. The fourth-order valence-electron chi connectivity index (χ4n) is 5.66. The lowest BCUT2D eigenvalue weighted by atomic mass is 10.0. The highest BCUT2D eigenvalue weighted by molar-refractivity contribution is 5.40. The van der Waals surface area contributed by atoms with Gasteiger partial charge in [-0.3, -0.25) is 0 Å². The summed E-state index contributed by atoms with van der Waals surface area (Å²) in [5.41, 5.74) is 11.9. The van der Waals surface area contributed by atoms with Gasteiger partial charge in [-0.15, -0.1) is 0 Å². The van der Waals surface area contributed by atoms with E-state index in [9.17, 15) is 15.3 Å². The molecule has 3 N–H and O–H groups in total. The minimum absolute atomic E-state index is 0.166. The van der Waals surface area contributed by atoms with Gasteiger partial charge in [0.25, 0.3) is 0 Å². The molecule has 0 saturated heterocycles. The second-order valence-corrected chi connectivity index (χ2v) is 14.4. The summed E-state index contributed by atoms with van der Waals surface area (Å²) in [4.78, 5) is 0. The van der Waals surface area contributed by atoms with Crippen molar-refractivity contribution in [2.24, 2.45) is 0 Å². The highest BCUT2D eigenvalue weighted by atomic mass is 16.3. The van der Waals surface area contributed by atoms with E-state index in [0.717, 1.165) is 101 Å². The average Bonchev–Trinajstić information content (AvgIpc) is 3.04. The van der Waals surface area contributed by atoms with Crippen LogP contribution < -0.4 is 0 Å². The molecule has 49 heavy (non-hydrogen) atoms. The largest absolute Gasteiger partial charge is 0.508 e. The van der Waals surface area contributed by atoms with E-state index in [4.69, 9.17) is 0 Å². The van der Waals surface area contributed by atoms with Crippen LogP contribution in [0.3, 0.4) is 0 Å². The molecule has 3 heteroatoms. The number of aliphatic hydroxyl groups excluding tert-OH is 1. The highest BCUT2D eigenvalue weighted by Gasteiger charge is 2.02. The molecule has 0 amide bonds. The second-order valence-electron chi connectivity index (χ2n) is 14.4. The molecule has 1 aromatic carbocycles. The van der Waals surface area contributed by atoms with Crippen LogP contribution in [0, 0.1) is 0 Å². The number of benzene rings is 1. The summed E-state index contributed by atoms with van der Waals surface area (Å²) in [5.74, 6) is 0.419. The molecule has 0 aliphatic heterocycles. The summed E-state index contributed by atoms with van der Waals surface area (Å²) < 4.78 is 0. The molecule has 0 heterocycles. The molecule has 0 spiro atoms. The fraction of sp³-hybridized carbons (Fsp3) is 0.522. The van der Waals surface area contributed by atoms with Crippen molar-refractivity contribution in [3.63, 3.8) is 0 Å². The van der Waals surface area contributed by atoms with Crippen LogP contribution in [0.25, 0.3) is 0 Å². The summed E-state index contributed by atoms with van der Waals surface area (Å²) in [5, 5.41) is 29.4. The van der Waals surface area contributed by atoms with E-state index in [-0.39, 0.29) is 18.1 Å². The molecule has 0 atom stereocenters. The summed E-state index contributed by atoms with van der Waals surface area (Å²) in [6, 6.07) is 4.68. The zero-order valence-electron chi connectivity index (χ0n) is 32.5. The Balaban J connectivity index is 2.29. The molecule has 1 rings (SSSR count). The Morgan fingerprint density at radius 2 is 0.837 bits per heavy atom. The Labute approximate surface area is 301 Å². The third-order valence-corrected chi connectivity index (χ3v) is 9.08. The Hall–Kier alpha value is -3.30. The first-order valence-electron chi connectivity index (χ1n) is 18.8. The molecule has 0 bridgehead atoms. The van der Waals surface area contributed by atoms with Crippen LogP contribution >= 0.6 is 0 Å². The molecule has 0 radical (unpaired) electrons. The standard InChI is InChI=1S/C46H70O3/c1-36(2)16-9-17-37(3)26-14-28-43(35-47)29-15-27-41(7)23-12-22-39(5)19-10-18-38(4)20-11-21-40(6)24-13-25-42(8)30-31-44-34-45(48)32-33-46(44)49/h16,19-20,23-24,26,29-30,32-34,47-49H,9-15,17-18,21-22,25,27-28,31,35H2,1-8H3/b37-26+,38-20+,39-19+,40-24+,41-23+,42-30+,43-29-. The van der Waals surface area contributed by atoms with Crippen LogP contribution in [0.15, 0.2) is 111 Å². The van der Waals surface area contributed by atoms with Crippen LogP contribution in [0.5, 0.6) is 11.5 Å². The second kappa shape index (κ2) is 26.6. The number of aliphatic hydroxyl groups is 1. The Bertz CT molecular complexity index is 1350. The van der Waals surface area contributed by atoms with Gasteiger partial charge in [0, 0.05) is 5.56 Å². The molecule has 0 fully saturated rings. The van der Waals surface area contributed by atoms with Gasteiger partial charge in [-0.05, 0) is 175 Å². The molecular formula is C46H70O3. The van der Waals surface area contributed by atoms with Crippen LogP contribution in [-0.2, 0) is 6.42 Å². The van der Waals surface area contributed by atoms with Gasteiger partial charge in [0.05, 0.1) is 6.61 Å². The maximum Gasteiger partial charge on any atom is 0.119 e. The lowest BCUT2D eigenvalue weighted by Crippen LogP contribution is -1.91. The van der Waals surface area contributed by atoms with Crippen molar-refractivity contribution in [3.05, 3.63) is 117 Å². The van der Waals surface area contributed by atoms with Gasteiger partial charge < -0.3 is 15.3 Å². The lowest BCUT2D eigenvalue weighted by molar-refractivity contribution is 0.326. The molecule has 1 aromatic rings. The van der Waals surface area contributed by atoms with Gasteiger partial charge in [-0.1, -0.05) is 87.6 Å². The number of aromatic hydroxyl groups is 2. The fourth-order valence-corrected chi connectivity index (χ4v) is 5.66. The van der Waals surface area contributed by atoms with E-state index in [2.05, 4.69) is 104 Å². The van der Waals surface area contributed by atoms with Gasteiger partial charge in [0.2, 0.25) is 0 Å². The first-order chi connectivity index (χ1) is 23.4. The molecule has 272 valence electrons. The van der Waals surface area contributed by atoms with Crippen molar-refractivity contribution in [2.75, 3.05) is 6.61 Å². The highest BCUT2D eigenvalue weighted by Crippen LogP contribution is 2.24. The van der Waals surface area contributed by atoms with Gasteiger partial charge in [-0.2, -0.15) is 0 Å². The first-order valence-corrected chi connectivity index (χ1v) is 18.8. The van der Waals surface area contributed by atoms with E-state index in [1.54, 1.807) is 12.1 Å². The average molecular weight is 671 g/mol.